The summed E-state index contributed by atoms with van der Waals surface area (Å²) in [5.74, 6) is 0.0833. The summed E-state index contributed by atoms with van der Waals surface area (Å²) in [7, 11) is 0. The van der Waals surface area contributed by atoms with E-state index in [-0.39, 0.29) is 23.2 Å². The summed E-state index contributed by atoms with van der Waals surface area (Å²) < 4.78 is 0. The Morgan fingerprint density at radius 2 is 1.63 bits per heavy atom. The predicted octanol–water partition coefficient (Wildman–Crippen LogP) is 6.37. The van der Waals surface area contributed by atoms with Crippen LogP contribution in [0.25, 0.3) is 0 Å². The molecule has 2 N–H and O–H groups in total. The zero-order chi connectivity index (χ0) is 21.1. The van der Waals surface area contributed by atoms with Crippen LogP contribution in [0, 0.1) is 0 Å². The molecule has 3 nitrogen and oxygen atoms in total. The third kappa shape index (κ3) is 4.94. The van der Waals surface area contributed by atoms with E-state index in [0.29, 0.717) is 10.0 Å². The van der Waals surface area contributed by atoms with Gasteiger partial charge in [0.1, 0.15) is 0 Å². The molecule has 0 bridgehead atoms. The van der Waals surface area contributed by atoms with Gasteiger partial charge in [0.15, 0.2) is 5.37 Å². The van der Waals surface area contributed by atoms with Crippen LogP contribution in [0.5, 0.6) is 0 Å². The summed E-state index contributed by atoms with van der Waals surface area (Å²) >= 11 is 13.7. The molecule has 1 unspecified atom stereocenters. The van der Waals surface area contributed by atoms with E-state index in [1.165, 1.54) is 5.56 Å². The van der Waals surface area contributed by atoms with Crippen molar-refractivity contribution in [2.24, 2.45) is 0 Å². The molecule has 0 fully saturated rings. The molecule has 1 aliphatic rings. The van der Waals surface area contributed by atoms with E-state index < -0.39 is 0 Å². The van der Waals surface area contributed by atoms with E-state index in [1.54, 1.807) is 11.8 Å². The molecule has 154 valence electrons. The number of fused-ring (bicyclic) bond motifs is 1. The van der Waals surface area contributed by atoms with Crippen molar-refractivity contribution >= 4 is 46.6 Å². The van der Waals surface area contributed by atoms with Crippen LogP contribution in [0.2, 0.25) is 10.0 Å². The maximum Gasteiger partial charge on any atom is 0.253 e. The van der Waals surface area contributed by atoms with Crippen LogP contribution in [0.15, 0.2) is 77.7 Å². The highest BCUT2D eigenvalue weighted by Gasteiger charge is 2.30. The maximum absolute atomic E-state index is 13.0. The molecule has 0 aliphatic carbocycles. The summed E-state index contributed by atoms with van der Waals surface area (Å²) in [5.41, 5.74) is 3.31. The second-order valence-electron chi connectivity index (χ2n) is 7.42. The van der Waals surface area contributed by atoms with E-state index in [2.05, 4.69) is 17.6 Å². The van der Waals surface area contributed by atoms with Gasteiger partial charge in [0, 0.05) is 32.6 Å². The molecular weight excluding hydrogens is 435 g/mol. The molecule has 6 heteroatoms. The number of anilines is 1. The number of benzene rings is 3. The summed E-state index contributed by atoms with van der Waals surface area (Å²) in [5, 5.41) is 7.61. The van der Waals surface area contributed by atoms with Crippen LogP contribution in [-0.4, -0.2) is 17.3 Å². The van der Waals surface area contributed by atoms with Crippen LogP contribution in [0.1, 0.15) is 24.0 Å². The average Bonchev–Trinajstić information content (AvgIpc) is 3.18. The first kappa shape index (κ1) is 21.1. The van der Waals surface area contributed by atoms with E-state index in [9.17, 15) is 4.79 Å². The molecule has 30 heavy (non-hydrogen) atoms. The number of rotatable bonds is 6. The van der Waals surface area contributed by atoms with E-state index >= 15 is 0 Å². The number of thioether (sulfide) groups is 1. The molecule has 4 rings (SSSR count). The van der Waals surface area contributed by atoms with Crippen LogP contribution >= 0.6 is 35.0 Å². The van der Waals surface area contributed by atoms with Crippen molar-refractivity contribution in [1.29, 1.82) is 0 Å². The Morgan fingerprint density at radius 1 is 1.00 bits per heavy atom. The molecular formula is C24H22Cl2N2OS. The smallest absolute Gasteiger partial charge is 0.253 e. The fourth-order valence-corrected chi connectivity index (χ4v) is 4.95. The monoisotopic (exact) mass is 456 g/mol. The van der Waals surface area contributed by atoms with E-state index in [1.807, 2.05) is 72.8 Å². The first-order chi connectivity index (χ1) is 14.5. The molecule has 0 radical (unpaired) electrons. The molecule has 0 spiro atoms. The van der Waals surface area contributed by atoms with Crippen molar-refractivity contribution in [3.63, 3.8) is 0 Å². The van der Waals surface area contributed by atoms with Crippen LogP contribution in [-0.2, 0) is 11.2 Å². The van der Waals surface area contributed by atoms with Crippen molar-refractivity contribution in [2.75, 3.05) is 5.32 Å². The zero-order valence-corrected chi connectivity index (χ0v) is 18.8. The van der Waals surface area contributed by atoms with E-state index in [4.69, 9.17) is 23.2 Å². The van der Waals surface area contributed by atoms with Crippen molar-refractivity contribution in [1.82, 2.24) is 5.32 Å². The molecule has 1 amide bonds. The molecule has 1 heterocycles. The number of carbonyl (C=O) groups is 1. The number of hydrogen-bond donors (Lipinski definition) is 2. The topological polar surface area (TPSA) is 41.1 Å². The lowest BCUT2D eigenvalue weighted by Gasteiger charge is -2.27. The Labute approximate surface area is 191 Å². The van der Waals surface area contributed by atoms with Gasteiger partial charge in [-0.15, -0.1) is 0 Å². The van der Waals surface area contributed by atoms with Crippen LogP contribution < -0.4 is 10.6 Å². The van der Waals surface area contributed by atoms with Gasteiger partial charge in [-0.25, -0.2) is 0 Å². The molecule has 0 saturated carbocycles. The second-order valence-corrected chi connectivity index (χ2v) is 9.44. The van der Waals surface area contributed by atoms with Gasteiger partial charge in [-0.05, 0) is 60.9 Å². The Bertz CT molecular complexity index is 999. The predicted molar refractivity (Wildman–Crippen MR) is 127 cm³/mol. The maximum atomic E-state index is 13.0. The van der Waals surface area contributed by atoms with Gasteiger partial charge in [-0.1, -0.05) is 71.4 Å². The van der Waals surface area contributed by atoms with Gasteiger partial charge in [0.2, 0.25) is 0 Å². The molecule has 3 aromatic carbocycles. The number of amides is 1. The summed E-state index contributed by atoms with van der Waals surface area (Å²) in [6, 6.07) is 23.6. The summed E-state index contributed by atoms with van der Waals surface area (Å²) in [6.07, 6.45) is 0.783. The lowest BCUT2D eigenvalue weighted by Crippen LogP contribution is -2.43. The fraction of sp³-hybridized carbons (Fsp3) is 0.208. The minimum Gasteiger partial charge on any atom is -0.364 e. The number of carbonyl (C=O) groups excluding carboxylic acids is 1. The molecule has 3 atom stereocenters. The lowest BCUT2D eigenvalue weighted by atomic mass is 9.86. The largest absolute Gasteiger partial charge is 0.364 e. The SMILES string of the molecule is C[C@@H](NC(=O)C1Nc2ccccc2S1)[C@H](Cc1ccc(Cl)cc1)c1ccc(Cl)cc1. The molecule has 0 aromatic heterocycles. The van der Waals surface area contributed by atoms with Crippen LogP contribution in [0.4, 0.5) is 5.69 Å². The fourth-order valence-electron chi connectivity index (χ4n) is 3.67. The van der Waals surface area contributed by atoms with Crippen molar-refractivity contribution in [3.05, 3.63) is 94.0 Å². The Kier molecular flexibility index (Phi) is 6.57. The van der Waals surface area contributed by atoms with Crippen molar-refractivity contribution < 1.29 is 4.79 Å². The summed E-state index contributed by atoms with van der Waals surface area (Å²) in [6.45, 7) is 2.06. The van der Waals surface area contributed by atoms with Gasteiger partial charge in [-0.2, -0.15) is 0 Å². The Hall–Kier alpha value is -2.14. The van der Waals surface area contributed by atoms with Gasteiger partial charge in [-0.3, -0.25) is 4.79 Å². The number of halogens is 2. The lowest BCUT2D eigenvalue weighted by molar-refractivity contribution is -0.120. The van der Waals surface area contributed by atoms with Gasteiger partial charge in [0.05, 0.1) is 0 Å². The molecule has 3 aromatic rings. The molecule has 0 saturated heterocycles. The average molecular weight is 457 g/mol. The van der Waals surface area contributed by atoms with Gasteiger partial charge < -0.3 is 10.6 Å². The number of hydrogen-bond acceptors (Lipinski definition) is 3. The quantitative estimate of drug-likeness (QED) is 0.452. The van der Waals surface area contributed by atoms with E-state index in [0.717, 1.165) is 22.6 Å². The normalized spacial score (nSPS) is 17.0. The van der Waals surface area contributed by atoms with Crippen molar-refractivity contribution in [2.45, 2.75) is 35.6 Å². The summed E-state index contributed by atoms with van der Waals surface area (Å²) in [4.78, 5) is 14.1. The minimum atomic E-state index is -0.328. The van der Waals surface area contributed by atoms with Gasteiger partial charge in [0.25, 0.3) is 5.91 Å². The first-order valence-corrected chi connectivity index (χ1v) is 11.5. The zero-order valence-electron chi connectivity index (χ0n) is 16.4. The first-order valence-electron chi connectivity index (χ1n) is 9.82. The Morgan fingerprint density at radius 3 is 2.30 bits per heavy atom. The highest BCUT2D eigenvalue weighted by atomic mass is 35.5. The molecule has 1 aliphatic heterocycles. The minimum absolute atomic E-state index is 0.0150. The van der Waals surface area contributed by atoms with Gasteiger partial charge >= 0.3 is 0 Å². The standard InChI is InChI=1S/C24H22Cl2N2OS/c1-15(27-23(29)24-28-21-4-2-3-5-22(21)30-24)20(17-8-12-19(26)13-9-17)14-16-6-10-18(25)11-7-16/h2-13,15,20,24,28H,14H2,1H3,(H,27,29)/t15-,20+,24?/m1/s1. The second kappa shape index (κ2) is 9.34. The third-order valence-electron chi connectivity index (χ3n) is 5.30. The number of para-hydroxylation sites is 1. The highest BCUT2D eigenvalue weighted by molar-refractivity contribution is 8.01. The van der Waals surface area contributed by atoms with Crippen molar-refractivity contribution in [3.8, 4) is 0 Å². The van der Waals surface area contributed by atoms with Crippen LogP contribution in [0.3, 0.4) is 0 Å². The highest BCUT2D eigenvalue weighted by Crippen LogP contribution is 2.38. The third-order valence-corrected chi connectivity index (χ3v) is 6.98. The Balaban J connectivity index is 1.50. The number of nitrogens with one attached hydrogen (secondary N) is 2.